The van der Waals surface area contributed by atoms with Crippen LogP contribution in [0, 0.1) is 5.41 Å². The fourth-order valence-corrected chi connectivity index (χ4v) is 2.22. The van der Waals surface area contributed by atoms with Crippen LogP contribution in [0.5, 0.6) is 0 Å². The molecule has 0 aromatic heterocycles. The van der Waals surface area contributed by atoms with Gasteiger partial charge in [-0.05, 0) is 59.9 Å². The molecule has 16 heavy (non-hydrogen) atoms. The molecule has 1 N–H and O–H groups in total. The van der Waals surface area contributed by atoms with Gasteiger partial charge in [0, 0.05) is 24.2 Å². The Balaban J connectivity index is 2.50. The largest absolute Gasteiger partial charge is 0.311 e. The van der Waals surface area contributed by atoms with Crippen LogP contribution >= 0.6 is 0 Å². The van der Waals surface area contributed by atoms with Crippen molar-refractivity contribution in [1.82, 2.24) is 10.2 Å². The summed E-state index contributed by atoms with van der Waals surface area (Å²) in [7, 11) is 0. The van der Waals surface area contributed by atoms with Crippen molar-refractivity contribution in [1.29, 1.82) is 0 Å². The molecular weight excluding hydrogens is 196 g/mol. The molecule has 0 saturated carbocycles. The molecule has 0 bridgehead atoms. The number of nitrogens with one attached hydrogen (secondary N) is 1. The number of rotatable bonds is 2. The third kappa shape index (κ3) is 4.06. The number of hydrogen-bond donors (Lipinski definition) is 1. The van der Waals surface area contributed by atoms with E-state index in [0.717, 1.165) is 6.54 Å². The van der Waals surface area contributed by atoms with Crippen LogP contribution in [0.3, 0.4) is 0 Å². The van der Waals surface area contributed by atoms with Crippen LogP contribution in [0.4, 0.5) is 0 Å². The van der Waals surface area contributed by atoms with Crippen molar-refractivity contribution in [2.45, 2.75) is 66.0 Å². The average Bonchev–Trinajstić information content (AvgIpc) is 2.44. The van der Waals surface area contributed by atoms with Crippen LogP contribution in [0.1, 0.15) is 54.9 Å². The van der Waals surface area contributed by atoms with Crippen LogP contribution in [0.25, 0.3) is 0 Å². The summed E-state index contributed by atoms with van der Waals surface area (Å²) in [5, 5.41) is 3.65. The predicted molar refractivity (Wildman–Crippen MR) is 71.8 cm³/mol. The topological polar surface area (TPSA) is 15.3 Å². The zero-order chi connectivity index (χ0) is 12.6. The summed E-state index contributed by atoms with van der Waals surface area (Å²) < 4.78 is 0. The molecule has 0 amide bonds. The van der Waals surface area contributed by atoms with Gasteiger partial charge < -0.3 is 5.32 Å². The van der Waals surface area contributed by atoms with Crippen LogP contribution in [-0.2, 0) is 0 Å². The summed E-state index contributed by atoms with van der Waals surface area (Å²) in [5.74, 6) is 0. The molecule has 1 saturated heterocycles. The molecule has 0 aromatic rings. The van der Waals surface area contributed by atoms with Crippen LogP contribution in [-0.4, -0.2) is 35.6 Å². The van der Waals surface area contributed by atoms with Gasteiger partial charge in [-0.15, -0.1) is 0 Å². The summed E-state index contributed by atoms with van der Waals surface area (Å²) in [5.41, 5.74) is 0.998. The minimum atomic E-state index is 0.234. The van der Waals surface area contributed by atoms with Gasteiger partial charge >= 0.3 is 0 Å². The van der Waals surface area contributed by atoms with Gasteiger partial charge in [0.1, 0.15) is 0 Å². The molecule has 1 fully saturated rings. The fourth-order valence-electron chi connectivity index (χ4n) is 2.22. The molecule has 0 aromatic carbocycles. The standard InChI is InChI=1S/C14H30N2/c1-12(2,3)15-10-14(7)8-9-16(11-14)13(4,5)6/h15H,8-11H2,1-7H3. The Hall–Kier alpha value is -0.0800. The Kier molecular flexibility index (Phi) is 3.76. The van der Waals surface area contributed by atoms with Gasteiger partial charge in [-0.1, -0.05) is 6.92 Å². The smallest absolute Gasteiger partial charge is 0.0125 e. The summed E-state index contributed by atoms with van der Waals surface area (Å²) in [6.45, 7) is 19.7. The van der Waals surface area contributed by atoms with E-state index < -0.39 is 0 Å². The minimum absolute atomic E-state index is 0.234. The monoisotopic (exact) mass is 226 g/mol. The maximum Gasteiger partial charge on any atom is 0.0125 e. The van der Waals surface area contributed by atoms with Crippen LogP contribution in [0.15, 0.2) is 0 Å². The molecule has 1 atom stereocenters. The van der Waals surface area contributed by atoms with Crippen molar-refractivity contribution in [3.8, 4) is 0 Å². The number of likely N-dealkylation sites (tertiary alicyclic amines) is 1. The van der Waals surface area contributed by atoms with E-state index in [1.54, 1.807) is 0 Å². The van der Waals surface area contributed by atoms with Gasteiger partial charge in [0.2, 0.25) is 0 Å². The van der Waals surface area contributed by atoms with Gasteiger partial charge in [-0.2, -0.15) is 0 Å². The lowest BCUT2D eigenvalue weighted by molar-refractivity contribution is 0.149. The molecular formula is C14H30N2. The first-order valence-corrected chi connectivity index (χ1v) is 6.52. The zero-order valence-corrected chi connectivity index (χ0v) is 12.3. The van der Waals surface area contributed by atoms with E-state index in [4.69, 9.17) is 0 Å². The Morgan fingerprint density at radius 2 is 1.69 bits per heavy atom. The Labute approximate surface area is 102 Å². The maximum absolute atomic E-state index is 3.65. The average molecular weight is 226 g/mol. The van der Waals surface area contributed by atoms with E-state index in [9.17, 15) is 0 Å². The first-order valence-electron chi connectivity index (χ1n) is 6.52. The highest BCUT2D eigenvalue weighted by Gasteiger charge is 2.38. The zero-order valence-electron chi connectivity index (χ0n) is 12.3. The first-order chi connectivity index (χ1) is 7.02. The second-order valence-electron chi connectivity index (χ2n) is 7.76. The SMILES string of the molecule is CC1(CNC(C)(C)C)CCN(C(C)(C)C)C1. The normalized spacial score (nSPS) is 28.7. The number of nitrogens with zero attached hydrogens (tertiary/aromatic N) is 1. The van der Waals surface area contributed by atoms with E-state index >= 15 is 0 Å². The molecule has 2 heteroatoms. The fraction of sp³-hybridized carbons (Fsp3) is 1.00. The van der Waals surface area contributed by atoms with Crippen LogP contribution < -0.4 is 5.32 Å². The van der Waals surface area contributed by atoms with E-state index in [1.807, 2.05) is 0 Å². The second kappa shape index (κ2) is 4.30. The highest BCUT2D eigenvalue weighted by Crippen LogP contribution is 2.33. The third-order valence-electron chi connectivity index (χ3n) is 3.55. The molecule has 1 rings (SSSR count). The van der Waals surface area contributed by atoms with Gasteiger partial charge in [0.05, 0.1) is 0 Å². The van der Waals surface area contributed by atoms with E-state index in [2.05, 4.69) is 58.7 Å². The highest BCUT2D eigenvalue weighted by atomic mass is 15.2. The number of hydrogen-bond acceptors (Lipinski definition) is 2. The van der Waals surface area contributed by atoms with Gasteiger partial charge in [0.15, 0.2) is 0 Å². The lowest BCUT2D eigenvalue weighted by Crippen LogP contribution is -2.46. The van der Waals surface area contributed by atoms with Crippen molar-refractivity contribution >= 4 is 0 Å². The lowest BCUT2D eigenvalue weighted by atomic mass is 9.88. The molecule has 1 unspecified atom stereocenters. The highest BCUT2D eigenvalue weighted by molar-refractivity contribution is 4.93. The van der Waals surface area contributed by atoms with Crippen molar-refractivity contribution in [3.05, 3.63) is 0 Å². The summed E-state index contributed by atoms with van der Waals surface area (Å²) in [4.78, 5) is 2.61. The Morgan fingerprint density at radius 3 is 2.06 bits per heavy atom. The Bertz CT molecular complexity index is 234. The van der Waals surface area contributed by atoms with E-state index in [-0.39, 0.29) is 5.54 Å². The van der Waals surface area contributed by atoms with Gasteiger partial charge in [-0.3, -0.25) is 4.90 Å². The van der Waals surface area contributed by atoms with Crippen molar-refractivity contribution in [2.24, 2.45) is 5.41 Å². The van der Waals surface area contributed by atoms with E-state index in [1.165, 1.54) is 19.5 Å². The maximum atomic E-state index is 3.65. The first kappa shape index (κ1) is 14.0. The molecule has 0 aliphatic carbocycles. The summed E-state index contributed by atoms with van der Waals surface area (Å²) in [6, 6.07) is 0. The quantitative estimate of drug-likeness (QED) is 0.779. The van der Waals surface area contributed by atoms with Gasteiger partial charge in [0.25, 0.3) is 0 Å². The molecule has 1 aliphatic heterocycles. The molecule has 0 radical (unpaired) electrons. The summed E-state index contributed by atoms with van der Waals surface area (Å²) in [6.07, 6.45) is 1.31. The van der Waals surface area contributed by atoms with Crippen molar-refractivity contribution in [3.63, 3.8) is 0 Å². The molecule has 0 spiro atoms. The lowest BCUT2D eigenvalue weighted by Gasteiger charge is -2.35. The summed E-state index contributed by atoms with van der Waals surface area (Å²) >= 11 is 0. The molecule has 1 heterocycles. The van der Waals surface area contributed by atoms with Crippen molar-refractivity contribution in [2.75, 3.05) is 19.6 Å². The second-order valence-corrected chi connectivity index (χ2v) is 7.76. The third-order valence-corrected chi connectivity index (χ3v) is 3.55. The minimum Gasteiger partial charge on any atom is -0.311 e. The van der Waals surface area contributed by atoms with E-state index in [0.29, 0.717) is 11.0 Å². The van der Waals surface area contributed by atoms with Crippen LogP contribution in [0.2, 0.25) is 0 Å². The predicted octanol–water partition coefficient (Wildman–Crippen LogP) is 2.89. The molecule has 96 valence electrons. The molecule has 1 aliphatic rings. The van der Waals surface area contributed by atoms with Gasteiger partial charge in [-0.25, -0.2) is 0 Å². The van der Waals surface area contributed by atoms with Crippen molar-refractivity contribution < 1.29 is 0 Å². The Morgan fingerprint density at radius 1 is 1.12 bits per heavy atom. The molecule has 2 nitrogen and oxygen atoms in total.